The van der Waals surface area contributed by atoms with Gasteiger partial charge in [0, 0.05) is 17.3 Å². The summed E-state index contributed by atoms with van der Waals surface area (Å²) in [6, 6.07) is 2.43. The number of nitrogens with one attached hydrogen (secondary N) is 2. The van der Waals surface area contributed by atoms with Gasteiger partial charge in [-0.25, -0.2) is 0 Å². The summed E-state index contributed by atoms with van der Waals surface area (Å²) in [6.45, 7) is 4.68. The molecule has 1 aromatic carbocycles. The summed E-state index contributed by atoms with van der Waals surface area (Å²) in [5.74, 6) is -17.4. The van der Waals surface area contributed by atoms with E-state index < -0.39 is 41.3 Å². The number of anilines is 2. The Kier molecular flexibility index (Phi) is 5.59. The van der Waals surface area contributed by atoms with Crippen molar-refractivity contribution in [1.29, 1.82) is 0 Å². The highest BCUT2D eigenvalue weighted by molar-refractivity contribution is 6.03. The first-order chi connectivity index (χ1) is 11.6. The van der Waals surface area contributed by atoms with Crippen molar-refractivity contribution in [2.45, 2.75) is 24.9 Å². The summed E-state index contributed by atoms with van der Waals surface area (Å²) >= 11 is 0. The van der Waals surface area contributed by atoms with Gasteiger partial charge >= 0.3 is 23.9 Å². The van der Waals surface area contributed by atoms with Gasteiger partial charge in [-0.15, -0.1) is 0 Å². The molecule has 12 heteroatoms. The van der Waals surface area contributed by atoms with Crippen molar-refractivity contribution in [3.8, 4) is 5.75 Å². The third-order valence-electron chi connectivity index (χ3n) is 2.93. The van der Waals surface area contributed by atoms with Gasteiger partial charge in [0.2, 0.25) is 0 Å². The summed E-state index contributed by atoms with van der Waals surface area (Å²) in [5, 5.41) is 12.9. The molecule has 1 rings (SSSR count). The van der Waals surface area contributed by atoms with Gasteiger partial charge in [-0.3, -0.25) is 9.59 Å². The predicted molar refractivity (Wildman–Crippen MR) is 76.1 cm³/mol. The number of benzene rings is 1. The molecule has 0 heterocycles. The summed E-state index contributed by atoms with van der Waals surface area (Å²) in [6.07, 6.45) is -6.67. The largest absolute Gasteiger partial charge is 0.506 e. The van der Waals surface area contributed by atoms with Crippen molar-refractivity contribution in [1.82, 2.24) is 0 Å². The average molecular weight is 388 g/mol. The fourth-order valence-electron chi connectivity index (χ4n) is 1.47. The van der Waals surface area contributed by atoms with E-state index in [2.05, 4.69) is 11.9 Å². The van der Waals surface area contributed by atoms with Crippen LogP contribution in [0.2, 0.25) is 0 Å². The van der Waals surface area contributed by atoms with Gasteiger partial charge in [0.25, 0.3) is 5.91 Å². The van der Waals surface area contributed by atoms with E-state index in [1.54, 1.807) is 0 Å². The molecule has 5 nitrogen and oxygen atoms in total. The fraction of sp³-hybridized carbons (Fsp3) is 0.286. The van der Waals surface area contributed by atoms with Crippen LogP contribution in [-0.4, -0.2) is 34.9 Å². The number of amides is 2. The third-order valence-corrected chi connectivity index (χ3v) is 2.93. The molecule has 0 spiro atoms. The van der Waals surface area contributed by atoms with E-state index in [1.165, 1.54) is 6.92 Å². The molecule has 144 valence electrons. The third kappa shape index (κ3) is 4.06. The first-order valence-electron chi connectivity index (χ1n) is 6.55. The molecule has 0 saturated heterocycles. The number of phenolic OH excluding ortho intramolecular Hbond substituents is 1. The van der Waals surface area contributed by atoms with Gasteiger partial charge in [-0.2, -0.15) is 30.7 Å². The van der Waals surface area contributed by atoms with Crippen molar-refractivity contribution in [3.05, 3.63) is 30.4 Å². The maximum Gasteiger partial charge on any atom is 0.460 e. The minimum Gasteiger partial charge on any atom is -0.506 e. The van der Waals surface area contributed by atoms with Crippen molar-refractivity contribution in [2.24, 2.45) is 0 Å². The number of hydrogen-bond acceptors (Lipinski definition) is 3. The molecule has 0 saturated carbocycles. The zero-order valence-electron chi connectivity index (χ0n) is 12.8. The summed E-state index contributed by atoms with van der Waals surface area (Å²) in [5.41, 5.74) is -0.877. The highest BCUT2D eigenvalue weighted by atomic mass is 19.4. The first kappa shape index (κ1) is 21.3. The van der Waals surface area contributed by atoms with Gasteiger partial charge in [-0.1, -0.05) is 6.58 Å². The van der Waals surface area contributed by atoms with Crippen LogP contribution in [0.4, 0.5) is 42.1 Å². The fourth-order valence-corrected chi connectivity index (χ4v) is 1.47. The van der Waals surface area contributed by atoms with E-state index in [0.29, 0.717) is 6.07 Å². The van der Waals surface area contributed by atoms with Crippen LogP contribution in [0.1, 0.15) is 6.92 Å². The van der Waals surface area contributed by atoms with Crippen LogP contribution in [0.15, 0.2) is 30.4 Å². The van der Waals surface area contributed by atoms with Crippen molar-refractivity contribution in [2.75, 3.05) is 10.6 Å². The number of hydrogen-bond donors (Lipinski definition) is 3. The standard InChI is InChI=1S/C14H11F7N2O3/c1-6(2)10(25)22-7-3-4-8(9(24)5-7)23-11(26)12(15,16)13(17,18)14(19,20)21/h3-5,24H,1H2,2H3,(H,22,25)(H,23,26). The quantitative estimate of drug-likeness (QED) is 0.409. The van der Waals surface area contributed by atoms with E-state index in [9.17, 15) is 45.4 Å². The van der Waals surface area contributed by atoms with Crippen LogP contribution >= 0.6 is 0 Å². The molecule has 0 aliphatic rings. The lowest BCUT2D eigenvalue weighted by Gasteiger charge is -2.27. The van der Waals surface area contributed by atoms with Gasteiger partial charge in [0.15, 0.2) is 0 Å². The van der Waals surface area contributed by atoms with Crippen LogP contribution in [0, 0.1) is 0 Å². The Morgan fingerprint density at radius 1 is 1.04 bits per heavy atom. The van der Waals surface area contributed by atoms with E-state index in [4.69, 9.17) is 0 Å². The number of alkyl halides is 7. The zero-order chi connectivity index (χ0) is 20.5. The molecule has 0 bridgehead atoms. The first-order valence-corrected chi connectivity index (χ1v) is 6.55. The van der Waals surface area contributed by atoms with Crippen LogP contribution in [0.3, 0.4) is 0 Å². The van der Waals surface area contributed by atoms with Crippen LogP contribution < -0.4 is 10.6 Å². The van der Waals surface area contributed by atoms with Gasteiger partial charge in [-0.05, 0) is 19.1 Å². The van der Waals surface area contributed by atoms with Crippen molar-refractivity contribution >= 4 is 23.2 Å². The normalized spacial score (nSPS) is 12.5. The van der Waals surface area contributed by atoms with Crippen molar-refractivity contribution < 1.29 is 45.4 Å². The average Bonchev–Trinajstić information content (AvgIpc) is 2.48. The summed E-state index contributed by atoms with van der Waals surface area (Å²) in [4.78, 5) is 22.6. The second-order valence-corrected chi connectivity index (χ2v) is 5.07. The number of carbonyl (C=O) groups is 2. The smallest absolute Gasteiger partial charge is 0.460 e. The Labute approximate surface area is 141 Å². The predicted octanol–water partition coefficient (Wildman–Crippen LogP) is 3.68. The number of halogens is 7. The minimum atomic E-state index is -6.67. The number of aromatic hydroxyl groups is 1. The molecular weight excluding hydrogens is 377 g/mol. The second kappa shape index (κ2) is 6.84. The summed E-state index contributed by atoms with van der Waals surface area (Å²) < 4.78 is 88.1. The maximum absolute atomic E-state index is 13.2. The van der Waals surface area contributed by atoms with E-state index in [-0.39, 0.29) is 11.3 Å². The molecule has 0 aromatic heterocycles. The molecule has 0 atom stereocenters. The lowest BCUT2D eigenvalue weighted by atomic mass is 10.1. The van der Waals surface area contributed by atoms with Crippen LogP contribution in [0.25, 0.3) is 0 Å². The molecule has 26 heavy (non-hydrogen) atoms. The Morgan fingerprint density at radius 2 is 1.58 bits per heavy atom. The lowest BCUT2D eigenvalue weighted by molar-refractivity contribution is -0.343. The van der Waals surface area contributed by atoms with Crippen LogP contribution in [-0.2, 0) is 9.59 Å². The Balaban J connectivity index is 3.03. The molecular formula is C14H11F7N2O3. The number of phenols is 1. The molecule has 0 aliphatic carbocycles. The number of carbonyl (C=O) groups excluding carboxylic acids is 2. The Bertz CT molecular complexity index is 745. The minimum absolute atomic E-state index is 0.0795. The van der Waals surface area contributed by atoms with E-state index in [1.807, 2.05) is 0 Å². The molecule has 0 radical (unpaired) electrons. The topological polar surface area (TPSA) is 78.4 Å². The highest BCUT2D eigenvalue weighted by Gasteiger charge is 2.76. The molecule has 2 amide bonds. The Morgan fingerprint density at radius 3 is 2.00 bits per heavy atom. The number of rotatable bonds is 5. The molecule has 0 unspecified atom stereocenters. The van der Waals surface area contributed by atoms with E-state index >= 15 is 0 Å². The lowest BCUT2D eigenvalue weighted by Crippen LogP contribution is -2.57. The maximum atomic E-state index is 13.2. The molecule has 0 fully saturated rings. The molecule has 0 aliphatic heterocycles. The van der Waals surface area contributed by atoms with Crippen molar-refractivity contribution in [3.63, 3.8) is 0 Å². The SMILES string of the molecule is C=C(C)C(=O)Nc1ccc(NC(=O)C(F)(F)C(F)(F)C(F)(F)F)c(O)c1. The van der Waals surface area contributed by atoms with Gasteiger partial charge in [0.1, 0.15) is 5.75 Å². The van der Waals surface area contributed by atoms with Crippen LogP contribution in [0.5, 0.6) is 5.75 Å². The van der Waals surface area contributed by atoms with E-state index in [0.717, 1.165) is 17.4 Å². The Hall–Kier alpha value is -2.79. The monoisotopic (exact) mass is 388 g/mol. The molecule has 3 N–H and O–H groups in total. The summed E-state index contributed by atoms with van der Waals surface area (Å²) in [7, 11) is 0. The zero-order valence-corrected chi connectivity index (χ0v) is 12.8. The second-order valence-electron chi connectivity index (χ2n) is 5.07. The molecule has 1 aromatic rings. The highest BCUT2D eigenvalue weighted by Crippen LogP contribution is 2.47. The van der Waals surface area contributed by atoms with Gasteiger partial charge < -0.3 is 15.7 Å². The van der Waals surface area contributed by atoms with Gasteiger partial charge in [0.05, 0.1) is 5.69 Å².